The highest BCUT2D eigenvalue weighted by molar-refractivity contribution is 9.11. The molecule has 0 aliphatic carbocycles. The molecule has 0 bridgehead atoms. The number of carbonyl (C=O) groups is 1. The normalized spacial score (nSPS) is 10.4. The molecule has 0 aliphatic rings. The Balaban J connectivity index is 1.92. The number of nitrogens with one attached hydrogen (secondary N) is 2. The van der Waals surface area contributed by atoms with Gasteiger partial charge in [0.2, 0.25) is 17.0 Å². The van der Waals surface area contributed by atoms with E-state index in [9.17, 15) is 4.79 Å². The number of H-pyrrole nitrogens is 1. The fraction of sp³-hybridized carbons (Fsp3) is 0.100. The van der Waals surface area contributed by atoms with Crippen LogP contribution in [0.5, 0.6) is 0 Å². The van der Waals surface area contributed by atoms with E-state index in [0.29, 0.717) is 10.8 Å². The molecular weight excluding hydrogens is 398 g/mol. The minimum atomic E-state index is -0.146. The van der Waals surface area contributed by atoms with Crippen LogP contribution in [0.25, 0.3) is 0 Å². The van der Waals surface area contributed by atoms with Crippen molar-refractivity contribution in [3.8, 4) is 0 Å². The van der Waals surface area contributed by atoms with Gasteiger partial charge in [-0.05, 0) is 34.1 Å². The summed E-state index contributed by atoms with van der Waals surface area (Å²) in [6, 6.07) is 5.55. The van der Waals surface area contributed by atoms with Gasteiger partial charge in [-0.15, -0.1) is 5.10 Å². The molecule has 0 atom stereocenters. The Kier molecular flexibility index (Phi) is 4.83. The summed E-state index contributed by atoms with van der Waals surface area (Å²) in [5.41, 5.74) is 6.09. The van der Waals surface area contributed by atoms with Gasteiger partial charge in [-0.25, -0.2) is 5.10 Å². The number of nitrogens with zero attached hydrogens (tertiary/aromatic N) is 2. The third kappa shape index (κ3) is 4.22. The Morgan fingerprint density at radius 3 is 2.95 bits per heavy atom. The van der Waals surface area contributed by atoms with Crippen molar-refractivity contribution in [2.75, 3.05) is 16.8 Å². The van der Waals surface area contributed by atoms with E-state index >= 15 is 0 Å². The lowest BCUT2D eigenvalue weighted by molar-refractivity contribution is -0.113. The van der Waals surface area contributed by atoms with Crippen LogP contribution in [-0.4, -0.2) is 26.8 Å². The zero-order valence-corrected chi connectivity index (χ0v) is 13.5. The molecular formula is C10H9Br2N5OS. The van der Waals surface area contributed by atoms with Crippen molar-refractivity contribution >= 4 is 61.2 Å². The molecule has 0 spiro atoms. The number of benzene rings is 1. The third-order valence-electron chi connectivity index (χ3n) is 2.02. The van der Waals surface area contributed by atoms with Gasteiger partial charge in [0.25, 0.3) is 0 Å². The topological polar surface area (TPSA) is 96.7 Å². The standard InChI is InChI=1S/C10H9Br2N5OS/c11-5-1-2-6(12)7(3-5)14-8(18)4-19-10-15-9(13)16-17-10/h1-3H,4H2,(H,14,18)(H3,13,15,16,17). The van der Waals surface area contributed by atoms with Crippen molar-refractivity contribution < 1.29 is 4.79 Å². The van der Waals surface area contributed by atoms with Crippen molar-refractivity contribution in [2.45, 2.75) is 5.16 Å². The van der Waals surface area contributed by atoms with Crippen LogP contribution in [0.2, 0.25) is 0 Å². The second-order valence-electron chi connectivity index (χ2n) is 3.46. The number of amides is 1. The monoisotopic (exact) mass is 405 g/mol. The Labute approximate surface area is 130 Å². The Morgan fingerprint density at radius 2 is 2.26 bits per heavy atom. The average Bonchev–Trinajstić information content (AvgIpc) is 2.77. The first-order valence-electron chi connectivity index (χ1n) is 5.10. The fourth-order valence-electron chi connectivity index (χ4n) is 1.23. The molecule has 1 aromatic heterocycles. The van der Waals surface area contributed by atoms with Gasteiger partial charge >= 0.3 is 0 Å². The molecule has 0 fully saturated rings. The van der Waals surface area contributed by atoms with E-state index in [0.717, 1.165) is 8.95 Å². The number of nitrogens with two attached hydrogens (primary N) is 1. The first kappa shape index (κ1) is 14.4. The molecule has 1 aromatic carbocycles. The van der Waals surface area contributed by atoms with Crippen LogP contribution in [0.1, 0.15) is 0 Å². The highest BCUT2D eigenvalue weighted by atomic mass is 79.9. The number of carbonyl (C=O) groups excluding carboxylic acids is 1. The maximum atomic E-state index is 11.8. The zero-order chi connectivity index (χ0) is 13.8. The smallest absolute Gasteiger partial charge is 0.234 e. The summed E-state index contributed by atoms with van der Waals surface area (Å²) in [6.45, 7) is 0. The summed E-state index contributed by atoms with van der Waals surface area (Å²) < 4.78 is 1.71. The summed E-state index contributed by atoms with van der Waals surface area (Å²) in [6.07, 6.45) is 0. The van der Waals surface area contributed by atoms with Crippen LogP contribution in [0.15, 0.2) is 32.3 Å². The van der Waals surface area contributed by atoms with Gasteiger partial charge in [0.1, 0.15) is 0 Å². The van der Waals surface area contributed by atoms with E-state index < -0.39 is 0 Å². The van der Waals surface area contributed by atoms with E-state index in [1.54, 1.807) is 0 Å². The molecule has 6 nitrogen and oxygen atoms in total. The van der Waals surface area contributed by atoms with Crippen LogP contribution < -0.4 is 11.1 Å². The van der Waals surface area contributed by atoms with Crippen molar-refractivity contribution in [1.82, 2.24) is 15.2 Å². The number of halogens is 2. The van der Waals surface area contributed by atoms with Gasteiger partial charge in [0.15, 0.2) is 0 Å². The fourth-order valence-corrected chi connectivity index (χ4v) is 2.54. The maximum Gasteiger partial charge on any atom is 0.234 e. The molecule has 0 unspecified atom stereocenters. The van der Waals surface area contributed by atoms with Gasteiger partial charge < -0.3 is 11.1 Å². The molecule has 0 aliphatic heterocycles. The first-order chi connectivity index (χ1) is 9.04. The summed E-state index contributed by atoms with van der Waals surface area (Å²) in [4.78, 5) is 15.7. The lowest BCUT2D eigenvalue weighted by Gasteiger charge is -2.07. The number of hydrogen-bond acceptors (Lipinski definition) is 5. The summed E-state index contributed by atoms with van der Waals surface area (Å²) in [5, 5.41) is 9.58. The molecule has 2 aromatic rings. The van der Waals surface area contributed by atoms with Crippen LogP contribution in [-0.2, 0) is 4.79 Å². The van der Waals surface area contributed by atoms with Crippen molar-refractivity contribution in [3.05, 3.63) is 27.1 Å². The average molecular weight is 407 g/mol. The van der Waals surface area contributed by atoms with Gasteiger partial charge in [-0.2, -0.15) is 4.98 Å². The number of aromatic nitrogens is 3. The Hall–Kier alpha value is -1.06. The lowest BCUT2D eigenvalue weighted by Crippen LogP contribution is -2.14. The predicted molar refractivity (Wildman–Crippen MR) is 82.0 cm³/mol. The van der Waals surface area contributed by atoms with Gasteiger partial charge in [-0.1, -0.05) is 27.7 Å². The SMILES string of the molecule is Nc1nc(SCC(=O)Nc2cc(Br)ccc2Br)n[nH]1. The molecule has 1 heterocycles. The largest absolute Gasteiger partial charge is 0.368 e. The molecule has 2 rings (SSSR count). The first-order valence-corrected chi connectivity index (χ1v) is 7.67. The summed E-state index contributed by atoms with van der Waals surface area (Å²) in [7, 11) is 0. The number of aromatic amines is 1. The van der Waals surface area contributed by atoms with Crippen molar-refractivity contribution in [1.29, 1.82) is 0 Å². The molecule has 19 heavy (non-hydrogen) atoms. The van der Waals surface area contributed by atoms with E-state index in [-0.39, 0.29) is 17.6 Å². The zero-order valence-electron chi connectivity index (χ0n) is 9.48. The van der Waals surface area contributed by atoms with E-state index in [1.165, 1.54) is 11.8 Å². The molecule has 1 amide bonds. The number of thioether (sulfide) groups is 1. The van der Waals surface area contributed by atoms with E-state index in [2.05, 4.69) is 52.4 Å². The van der Waals surface area contributed by atoms with Crippen molar-refractivity contribution in [2.24, 2.45) is 0 Å². The van der Waals surface area contributed by atoms with Gasteiger partial charge in [-0.3, -0.25) is 4.79 Å². The quantitative estimate of drug-likeness (QED) is 0.678. The Morgan fingerprint density at radius 1 is 1.47 bits per heavy atom. The lowest BCUT2D eigenvalue weighted by atomic mass is 10.3. The van der Waals surface area contributed by atoms with E-state index in [4.69, 9.17) is 5.73 Å². The Bertz CT molecular complexity index is 603. The predicted octanol–water partition coefficient (Wildman–Crippen LogP) is 2.64. The number of anilines is 2. The number of nitrogen functional groups attached to an aromatic ring is 1. The molecule has 4 N–H and O–H groups in total. The highest BCUT2D eigenvalue weighted by Gasteiger charge is 2.09. The molecule has 0 saturated carbocycles. The molecule has 0 saturated heterocycles. The van der Waals surface area contributed by atoms with Crippen LogP contribution in [0.4, 0.5) is 11.6 Å². The van der Waals surface area contributed by atoms with E-state index in [1.807, 2.05) is 18.2 Å². The second kappa shape index (κ2) is 6.40. The highest BCUT2D eigenvalue weighted by Crippen LogP contribution is 2.26. The third-order valence-corrected chi connectivity index (χ3v) is 4.05. The van der Waals surface area contributed by atoms with Gasteiger partial charge in [0, 0.05) is 8.95 Å². The molecule has 9 heteroatoms. The molecule has 100 valence electrons. The minimum absolute atomic E-state index is 0.146. The number of hydrogen-bond donors (Lipinski definition) is 3. The van der Waals surface area contributed by atoms with Crippen LogP contribution in [0.3, 0.4) is 0 Å². The van der Waals surface area contributed by atoms with Gasteiger partial charge in [0.05, 0.1) is 11.4 Å². The molecule has 0 radical (unpaired) electrons. The minimum Gasteiger partial charge on any atom is -0.368 e. The number of rotatable bonds is 4. The second-order valence-corrected chi connectivity index (χ2v) is 6.18. The summed E-state index contributed by atoms with van der Waals surface area (Å²) in [5.74, 6) is 0.292. The maximum absolute atomic E-state index is 11.8. The van der Waals surface area contributed by atoms with Crippen LogP contribution >= 0.6 is 43.6 Å². The summed E-state index contributed by atoms with van der Waals surface area (Å²) >= 11 is 7.93. The van der Waals surface area contributed by atoms with Crippen molar-refractivity contribution in [3.63, 3.8) is 0 Å². The van der Waals surface area contributed by atoms with Crippen LogP contribution in [0, 0.1) is 0 Å².